The summed E-state index contributed by atoms with van der Waals surface area (Å²) in [5, 5.41) is 8.30. The highest BCUT2D eigenvalue weighted by Gasteiger charge is 1.83. The summed E-state index contributed by atoms with van der Waals surface area (Å²) < 4.78 is 5.01. The Kier molecular flexibility index (Phi) is 7.05. The SMILES string of the molecule is C#CCCOCCCO. The maximum atomic E-state index is 8.30. The van der Waals surface area contributed by atoms with Crippen molar-refractivity contribution in [3.63, 3.8) is 0 Å². The molecule has 0 aromatic carbocycles. The van der Waals surface area contributed by atoms with Crippen molar-refractivity contribution in [3.8, 4) is 12.3 Å². The highest BCUT2D eigenvalue weighted by atomic mass is 16.5. The molecule has 1 N–H and O–H groups in total. The van der Waals surface area contributed by atoms with Gasteiger partial charge in [-0.3, -0.25) is 0 Å². The molecule has 0 amide bonds. The van der Waals surface area contributed by atoms with Crippen LogP contribution in [0.5, 0.6) is 0 Å². The van der Waals surface area contributed by atoms with Crippen LogP contribution in [0.1, 0.15) is 12.8 Å². The van der Waals surface area contributed by atoms with E-state index in [0.717, 1.165) is 0 Å². The number of hydrogen-bond acceptors (Lipinski definition) is 2. The number of hydrogen-bond donors (Lipinski definition) is 1. The molecule has 0 saturated heterocycles. The van der Waals surface area contributed by atoms with Gasteiger partial charge in [-0.25, -0.2) is 0 Å². The summed E-state index contributed by atoms with van der Waals surface area (Å²) in [5.74, 6) is 2.46. The molecule has 52 valence electrons. The van der Waals surface area contributed by atoms with E-state index in [4.69, 9.17) is 16.3 Å². The Hall–Kier alpha value is -0.520. The monoisotopic (exact) mass is 128 g/mol. The summed E-state index contributed by atoms with van der Waals surface area (Å²) in [6.45, 7) is 1.41. The lowest BCUT2D eigenvalue weighted by atomic mass is 10.4. The van der Waals surface area contributed by atoms with Gasteiger partial charge in [0.1, 0.15) is 0 Å². The minimum absolute atomic E-state index is 0.191. The molecular formula is C7H12O2. The van der Waals surface area contributed by atoms with Crippen molar-refractivity contribution < 1.29 is 9.84 Å². The first-order valence-corrected chi connectivity index (χ1v) is 3.04. The van der Waals surface area contributed by atoms with Gasteiger partial charge < -0.3 is 9.84 Å². The second-order valence-corrected chi connectivity index (χ2v) is 1.64. The molecule has 0 aliphatic heterocycles. The van der Waals surface area contributed by atoms with Crippen LogP contribution in [0.25, 0.3) is 0 Å². The molecule has 0 atom stereocenters. The molecule has 0 aromatic rings. The second kappa shape index (κ2) is 7.48. The van der Waals surface area contributed by atoms with Gasteiger partial charge in [-0.1, -0.05) is 0 Å². The van der Waals surface area contributed by atoms with E-state index in [-0.39, 0.29) is 6.61 Å². The van der Waals surface area contributed by atoms with Crippen LogP contribution in [-0.4, -0.2) is 24.9 Å². The first-order valence-electron chi connectivity index (χ1n) is 3.04. The van der Waals surface area contributed by atoms with Gasteiger partial charge in [-0.05, 0) is 6.42 Å². The Morgan fingerprint density at radius 2 is 2.22 bits per heavy atom. The molecule has 0 heterocycles. The first-order chi connectivity index (χ1) is 4.41. The third-order valence-electron chi connectivity index (χ3n) is 0.838. The van der Waals surface area contributed by atoms with Crippen molar-refractivity contribution in [1.29, 1.82) is 0 Å². The van der Waals surface area contributed by atoms with Crippen molar-refractivity contribution in [1.82, 2.24) is 0 Å². The molecule has 0 aliphatic carbocycles. The van der Waals surface area contributed by atoms with Gasteiger partial charge in [0, 0.05) is 19.6 Å². The van der Waals surface area contributed by atoms with Crippen LogP contribution in [0.3, 0.4) is 0 Å². The van der Waals surface area contributed by atoms with Crippen LogP contribution >= 0.6 is 0 Å². The average molecular weight is 128 g/mol. The molecule has 0 saturated carbocycles. The van der Waals surface area contributed by atoms with Gasteiger partial charge >= 0.3 is 0 Å². The average Bonchev–Trinajstić information content (AvgIpc) is 1.89. The van der Waals surface area contributed by atoms with Crippen molar-refractivity contribution in [3.05, 3.63) is 0 Å². The summed E-state index contributed by atoms with van der Waals surface area (Å²) in [4.78, 5) is 0. The number of rotatable bonds is 5. The van der Waals surface area contributed by atoms with E-state index in [1.807, 2.05) is 0 Å². The van der Waals surface area contributed by atoms with Crippen molar-refractivity contribution >= 4 is 0 Å². The van der Waals surface area contributed by atoms with E-state index in [0.29, 0.717) is 26.1 Å². The summed E-state index contributed by atoms with van der Waals surface area (Å²) in [6, 6.07) is 0. The fraction of sp³-hybridized carbons (Fsp3) is 0.714. The highest BCUT2D eigenvalue weighted by molar-refractivity contribution is 4.82. The molecule has 0 spiro atoms. The van der Waals surface area contributed by atoms with E-state index >= 15 is 0 Å². The minimum Gasteiger partial charge on any atom is -0.396 e. The maximum Gasteiger partial charge on any atom is 0.0575 e. The Balaban J connectivity index is 2.69. The molecule has 0 aromatic heterocycles. The molecule has 0 unspecified atom stereocenters. The maximum absolute atomic E-state index is 8.30. The Morgan fingerprint density at radius 1 is 1.44 bits per heavy atom. The summed E-state index contributed by atoms with van der Waals surface area (Å²) in [7, 11) is 0. The number of aliphatic hydroxyl groups is 1. The predicted molar refractivity (Wildman–Crippen MR) is 36.0 cm³/mol. The molecule has 2 heteroatoms. The number of terminal acetylenes is 1. The largest absolute Gasteiger partial charge is 0.396 e. The van der Waals surface area contributed by atoms with E-state index in [2.05, 4.69) is 5.92 Å². The zero-order valence-corrected chi connectivity index (χ0v) is 5.47. The normalized spacial score (nSPS) is 8.89. The summed E-state index contributed by atoms with van der Waals surface area (Å²) >= 11 is 0. The van der Waals surface area contributed by atoms with Crippen LogP contribution in [-0.2, 0) is 4.74 Å². The number of ether oxygens (including phenoxy) is 1. The first kappa shape index (κ1) is 8.48. The quantitative estimate of drug-likeness (QED) is 0.429. The van der Waals surface area contributed by atoms with Gasteiger partial charge in [-0.15, -0.1) is 12.3 Å². The molecule has 0 fully saturated rings. The molecule has 0 aliphatic rings. The lowest BCUT2D eigenvalue weighted by molar-refractivity contribution is 0.121. The fourth-order valence-corrected chi connectivity index (χ4v) is 0.400. The lowest BCUT2D eigenvalue weighted by Crippen LogP contribution is -1.97. The van der Waals surface area contributed by atoms with Crippen LogP contribution in [0.2, 0.25) is 0 Å². The topological polar surface area (TPSA) is 29.5 Å². The van der Waals surface area contributed by atoms with Crippen LogP contribution in [0, 0.1) is 12.3 Å². The van der Waals surface area contributed by atoms with E-state index < -0.39 is 0 Å². The van der Waals surface area contributed by atoms with Crippen LogP contribution in [0.15, 0.2) is 0 Å². The zero-order chi connectivity index (χ0) is 6.95. The van der Waals surface area contributed by atoms with Gasteiger partial charge in [-0.2, -0.15) is 0 Å². The standard InChI is InChI=1S/C7H12O2/c1-2-3-6-9-7-4-5-8/h1,8H,3-7H2. The van der Waals surface area contributed by atoms with Gasteiger partial charge in [0.15, 0.2) is 0 Å². The van der Waals surface area contributed by atoms with Crippen molar-refractivity contribution in [2.45, 2.75) is 12.8 Å². The molecular weight excluding hydrogens is 116 g/mol. The van der Waals surface area contributed by atoms with Crippen molar-refractivity contribution in [2.24, 2.45) is 0 Å². The van der Waals surface area contributed by atoms with Gasteiger partial charge in [0.25, 0.3) is 0 Å². The minimum atomic E-state index is 0.191. The molecule has 0 rings (SSSR count). The smallest absolute Gasteiger partial charge is 0.0575 e. The Morgan fingerprint density at radius 3 is 2.78 bits per heavy atom. The molecule has 0 radical (unpaired) electrons. The predicted octanol–water partition coefficient (Wildman–Crippen LogP) is 0.409. The molecule has 0 bridgehead atoms. The Labute approximate surface area is 55.8 Å². The third-order valence-corrected chi connectivity index (χ3v) is 0.838. The third kappa shape index (κ3) is 7.48. The Bertz CT molecular complexity index is 83.4. The van der Waals surface area contributed by atoms with Gasteiger partial charge in [0.05, 0.1) is 6.61 Å². The van der Waals surface area contributed by atoms with E-state index in [1.165, 1.54) is 0 Å². The highest BCUT2D eigenvalue weighted by Crippen LogP contribution is 1.82. The second-order valence-electron chi connectivity index (χ2n) is 1.64. The summed E-state index contributed by atoms with van der Waals surface area (Å²) in [6.07, 6.45) is 6.32. The van der Waals surface area contributed by atoms with E-state index in [1.54, 1.807) is 0 Å². The van der Waals surface area contributed by atoms with E-state index in [9.17, 15) is 0 Å². The van der Waals surface area contributed by atoms with Crippen LogP contribution < -0.4 is 0 Å². The zero-order valence-electron chi connectivity index (χ0n) is 5.47. The number of aliphatic hydroxyl groups excluding tert-OH is 1. The summed E-state index contributed by atoms with van der Waals surface area (Å²) in [5.41, 5.74) is 0. The van der Waals surface area contributed by atoms with Crippen LogP contribution in [0.4, 0.5) is 0 Å². The van der Waals surface area contributed by atoms with Crippen molar-refractivity contribution in [2.75, 3.05) is 19.8 Å². The molecule has 2 nitrogen and oxygen atoms in total. The molecule has 9 heavy (non-hydrogen) atoms. The van der Waals surface area contributed by atoms with Gasteiger partial charge in [0.2, 0.25) is 0 Å². The fourth-order valence-electron chi connectivity index (χ4n) is 0.400. The lowest BCUT2D eigenvalue weighted by Gasteiger charge is -1.97.